The average Bonchev–Trinajstić information content (AvgIpc) is 3.35. The van der Waals surface area contributed by atoms with E-state index < -0.39 is 6.23 Å². The lowest BCUT2D eigenvalue weighted by molar-refractivity contribution is 0.161. The van der Waals surface area contributed by atoms with Crippen molar-refractivity contribution in [2.75, 3.05) is 6.54 Å². The van der Waals surface area contributed by atoms with Gasteiger partial charge in [-0.2, -0.15) is 0 Å². The van der Waals surface area contributed by atoms with Crippen LogP contribution in [0.15, 0.2) is 58.5 Å². The molecule has 0 aromatic rings. The van der Waals surface area contributed by atoms with Crippen molar-refractivity contribution in [1.29, 1.82) is 0 Å². The number of hydrogen-bond donors (Lipinski definition) is 3. The van der Waals surface area contributed by atoms with Crippen LogP contribution in [0.2, 0.25) is 0 Å². The standard InChI is InChI=1S/C17H24N4O/c1-3-15(12-18-4-2)20-11-13-5-8-16(19-10-9-13)21-17(22)14-6-7-14/h3-5,9-10,12,14,17,20,22H,1,6-8,11H2,2H3,(H,19,21)/b15-12+,18-4?. The first kappa shape index (κ1) is 16.2. The predicted molar refractivity (Wildman–Crippen MR) is 91.6 cm³/mol. The molecular formula is C17H24N4O. The topological polar surface area (TPSA) is 69.0 Å². The molecule has 0 aromatic carbocycles. The van der Waals surface area contributed by atoms with Crippen LogP contribution in [-0.4, -0.2) is 29.9 Å². The van der Waals surface area contributed by atoms with Gasteiger partial charge >= 0.3 is 0 Å². The fourth-order valence-electron chi connectivity index (χ4n) is 2.01. The van der Waals surface area contributed by atoms with Crippen LogP contribution >= 0.6 is 0 Å². The molecule has 118 valence electrons. The number of aliphatic hydroxyl groups excluding tert-OH is 1. The van der Waals surface area contributed by atoms with Crippen LogP contribution < -0.4 is 10.6 Å². The highest BCUT2D eigenvalue weighted by atomic mass is 16.3. The van der Waals surface area contributed by atoms with Crippen LogP contribution in [0.25, 0.3) is 0 Å². The summed E-state index contributed by atoms with van der Waals surface area (Å²) in [6, 6.07) is 0. The molecule has 1 unspecified atom stereocenters. The molecule has 0 saturated heterocycles. The van der Waals surface area contributed by atoms with E-state index in [9.17, 15) is 5.11 Å². The van der Waals surface area contributed by atoms with Gasteiger partial charge in [-0.25, -0.2) is 4.99 Å². The highest BCUT2D eigenvalue weighted by Crippen LogP contribution is 2.33. The third-order valence-electron chi connectivity index (χ3n) is 3.52. The first-order valence-corrected chi connectivity index (χ1v) is 7.64. The van der Waals surface area contributed by atoms with Gasteiger partial charge < -0.3 is 15.7 Å². The Labute approximate surface area is 131 Å². The monoisotopic (exact) mass is 300 g/mol. The Balaban J connectivity index is 1.89. The SMILES string of the molecule is C=C/C(=C\N=CC)NCC1=CC/C(=N\C(O)C2CC2)NC=C1. The van der Waals surface area contributed by atoms with E-state index in [1.54, 1.807) is 18.5 Å². The maximum Gasteiger partial charge on any atom is 0.149 e. The first-order chi connectivity index (χ1) is 10.7. The minimum absolute atomic E-state index is 0.353. The van der Waals surface area contributed by atoms with Crippen LogP contribution in [0, 0.1) is 5.92 Å². The normalized spacial score (nSPS) is 22.2. The lowest BCUT2D eigenvalue weighted by Crippen LogP contribution is -2.20. The van der Waals surface area contributed by atoms with Crippen molar-refractivity contribution >= 4 is 12.1 Å². The minimum Gasteiger partial charge on any atom is -0.380 e. The summed E-state index contributed by atoms with van der Waals surface area (Å²) in [6.45, 7) is 6.32. The van der Waals surface area contributed by atoms with Crippen molar-refractivity contribution in [1.82, 2.24) is 10.6 Å². The number of aliphatic imine (C=N–C) groups is 2. The number of rotatable bonds is 7. The summed E-state index contributed by atoms with van der Waals surface area (Å²) < 4.78 is 0. The maximum atomic E-state index is 9.87. The third-order valence-corrected chi connectivity index (χ3v) is 3.52. The van der Waals surface area contributed by atoms with Gasteiger partial charge in [-0.1, -0.05) is 12.7 Å². The number of nitrogens with one attached hydrogen (secondary N) is 2. The zero-order valence-electron chi connectivity index (χ0n) is 13.0. The highest BCUT2D eigenvalue weighted by Gasteiger charge is 2.29. The molecule has 22 heavy (non-hydrogen) atoms. The van der Waals surface area contributed by atoms with E-state index >= 15 is 0 Å². The van der Waals surface area contributed by atoms with Crippen LogP contribution in [0.5, 0.6) is 0 Å². The Morgan fingerprint density at radius 1 is 1.59 bits per heavy atom. The molecule has 1 aliphatic carbocycles. The largest absolute Gasteiger partial charge is 0.380 e. The lowest BCUT2D eigenvalue weighted by atomic mass is 10.2. The number of aliphatic hydroxyl groups is 1. The molecular weight excluding hydrogens is 276 g/mol. The fourth-order valence-corrected chi connectivity index (χ4v) is 2.01. The van der Waals surface area contributed by atoms with E-state index in [0.29, 0.717) is 18.9 Å². The fraction of sp³-hybridized carbons (Fsp3) is 0.412. The summed E-state index contributed by atoms with van der Waals surface area (Å²) in [6.07, 6.45) is 13.5. The minimum atomic E-state index is -0.564. The molecule has 0 amide bonds. The van der Waals surface area contributed by atoms with E-state index in [2.05, 4.69) is 33.3 Å². The third kappa shape index (κ3) is 5.33. The smallest absolute Gasteiger partial charge is 0.149 e. The van der Waals surface area contributed by atoms with Gasteiger partial charge in [0.05, 0.1) is 5.70 Å². The Morgan fingerprint density at radius 3 is 3.09 bits per heavy atom. The van der Waals surface area contributed by atoms with E-state index in [-0.39, 0.29) is 0 Å². The summed E-state index contributed by atoms with van der Waals surface area (Å²) in [5.74, 6) is 1.16. The van der Waals surface area contributed by atoms with Crippen molar-refractivity contribution in [3.8, 4) is 0 Å². The molecule has 2 aliphatic rings. The molecule has 1 fully saturated rings. The van der Waals surface area contributed by atoms with Gasteiger partial charge in [0.1, 0.15) is 12.1 Å². The van der Waals surface area contributed by atoms with E-state index in [4.69, 9.17) is 0 Å². The van der Waals surface area contributed by atoms with E-state index in [1.165, 1.54) is 0 Å². The van der Waals surface area contributed by atoms with Crippen LogP contribution in [0.1, 0.15) is 26.2 Å². The van der Waals surface area contributed by atoms with Gasteiger partial charge in [-0.05, 0) is 37.5 Å². The molecule has 1 atom stereocenters. The summed E-state index contributed by atoms with van der Waals surface area (Å²) in [7, 11) is 0. The van der Waals surface area contributed by atoms with Crippen molar-refractivity contribution in [2.45, 2.75) is 32.4 Å². The molecule has 2 rings (SSSR count). The van der Waals surface area contributed by atoms with Crippen LogP contribution in [0.4, 0.5) is 0 Å². The molecule has 3 N–H and O–H groups in total. The predicted octanol–water partition coefficient (Wildman–Crippen LogP) is 2.25. The first-order valence-electron chi connectivity index (χ1n) is 7.64. The summed E-state index contributed by atoms with van der Waals surface area (Å²) in [4.78, 5) is 8.42. The Bertz CT molecular complexity index is 539. The second-order valence-electron chi connectivity index (χ2n) is 5.34. The molecule has 1 aliphatic heterocycles. The molecule has 0 aromatic heterocycles. The van der Waals surface area contributed by atoms with Gasteiger partial charge in [0.25, 0.3) is 0 Å². The summed E-state index contributed by atoms with van der Waals surface area (Å²) in [5.41, 5.74) is 2.02. The van der Waals surface area contributed by atoms with Crippen molar-refractivity contribution < 1.29 is 5.11 Å². The molecule has 0 bridgehead atoms. The van der Waals surface area contributed by atoms with Gasteiger partial charge in [0, 0.05) is 37.5 Å². The Morgan fingerprint density at radius 2 is 2.41 bits per heavy atom. The van der Waals surface area contributed by atoms with Gasteiger partial charge in [0.15, 0.2) is 0 Å². The van der Waals surface area contributed by atoms with Crippen LogP contribution in [0.3, 0.4) is 0 Å². The quantitative estimate of drug-likeness (QED) is 0.499. The zero-order valence-corrected chi connectivity index (χ0v) is 13.0. The number of allylic oxidation sites excluding steroid dienone is 1. The number of nitrogens with zero attached hydrogens (tertiary/aromatic N) is 2. The Hall–Kier alpha value is -2.14. The molecule has 5 nitrogen and oxygen atoms in total. The molecule has 1 heterocycles. The van der Waals surface area contributed by atoms with Gasteiger partial charge in [-0.3, -0.25) is 4.99 Å². The van der Waals surface area contributed by atoms with Crippen molar-refractivity contribution in [3.05, 3.63) is 48.5 Å². The maximum absolute atomic E-state index is 9.87. The number of amidine groups is 1. The molecule has 5 heteroatoms. The average molecular weight is 300 g/mol. The van der Waals surface area contributed by atoms with E-state index in [0.717, 1.165) is 29.9 Å². The second kappa shape index (κ2) is 8.34. The summed E-state index contributed by atoms with van der Waals surface area (Å²) in [5, 5.41) is 16.3. The molecule has 0 spiro atoms. The van der Waals surface area contributed by atoms with Crippen LogP contribution in [-0.2, 0) is 0 Å². The summed E-state index contributed by atoms with van der Waals surface area (Å²) >= 11 is 0. The van der Waals surface area contributed by atoms with Crippen molar-refractivity contribution in [2.24, 2.45) is 15.9 Å². The molecule has 1 saturated carbocycles. The van der Waals surface area contributed by atoms with Gasteiger partial charge in [0.2, 0.25) is 0 Å². The van der Waals surface area contributed by atoms with E-state index in [1.807, 2.05) is 19.2 Å². The zero-order chi connectivity index (χ0) is 15.8. The van der Waals surface area contributed by atoms with Crippen molar-refractivity contribution in [3.63, 3.8) is 0 Å². The number of hydrogen-bond acceptors (Lipinski definition) is 4. The van der Waals surface area contributed by atoms with Gasteiger partial charge in [-0.15, -0.1) is 0 Å². The second-order valence-corrected chi connectivity index (χ2v) is 5.34. The lowest BCUT2D eigenvalue weighted by Gasteiger charge is -2.07. The Kier molecular flexibility index (Phi) is 6.15. The molecule has 0 radical (unpaired) electrons. The highest BCUT2D eigenvalue weighted by molar-refractivity contribution is 5.85.